The van der Waals surface area contributed by atoms with Crippen molar-refractivity contribution in [3.63, 3.8) is 0 Å². The lowest BCUT2D eigenvalue weighted by atomic mass is 9.79. The highest BCUT2D eigenvalue weighted by atomic mass is 14.2. The van der Waals surface area contributed by atoms with Gasteiger partial charge in [0.15, 0.2) is 0 Å². The molecule has 0 spiro atoms. The van der Waals surface area contributed by atoms with Crippen molar-refractivity contribution in [1.29, 1.82) is 0 Å². The van der Waals surface area contributed by atoms with E-state index in [-0.39, 0.29) is 7.43 Å². The smallest absolute Gasteiger partial charge is 0.0250 e. The van der Waals surface area contributed by atoms with Gasteiger partial charge in [0.2, 0.25) is 0 Å². The van der Waals surface area contributed by atoms with Gasteiger partial charge in [-0.3, -0.25) is 0 Å². The Kier molecular flexibility index (Phi) is 15.2. The lowest BCUT2D eigenvalue weighted by Gasteiger charge is -2.26. The van der Waals surface area contributed by atoms with Crippen LogP contribution >= 0.6 is 0 Å². The van der Waals surface area contributed by atoms with Crippen molar-refractivity contribution in [1.82, 2.24) is 0 Å². The van der Waals surface area contributed by atoms with E-state index in [9.17, 15) is 0 Å². The fourth-order valence-corrected chi connectivity index (χ4v) is 4.11. The van der Waals surface area contributed by atoms with Crippen molar-refractivity contribution in [2.75, 3.05) is 0 Å². The van der Waals surface area contributed by atoms with Crippen LogP contribution in [0.25, 0.3) is 0 Å². The maximum absolute atomic E-state index is 2.37. The van der Waals surface area contributed by atoms with Gasteiger partial charge in [-0.25, -0.2) is 0 Å². The molecule has 0 nitrogen and oxygen atoms in total. The summed E-state index contributed by atoms with van der Waals surface area (Å²) >= 11 is 0. The average molecular weight is 349 g/mol. The van der Waals surface area contributed by atoms with Crippen molar-refractivity contribution < 1.29 is 0 Å². The fraction of sp³-hybridized carbons (Fsp3) is 0.760. The standard InChI is InChI=1S/C22H38.C2H6.CH4/c1-8-13-14-21-18(10-3)17(9-2)19(11-4)22(15-16(6)7)20(21)12-5;1-2;/h16H,8-15H2,1-7H3;1-2H3;1H4. The fourth-order valence-electron chi connectivity index (χ4n) is 4.11. The molecule has 0 saturated carbocycles. The lowest BCUT2D eigenvalue weighted by molar-refractivity contribution is 0.634. The first-order chi connectivity index (χ1) is 11.5. The molecule has 0 saturated heterocycles. The Morgan fingerprint density at radius 3 is 1.32 bits per heavy atom. The molecule has 0 heteroatoms. The third-order valence-corrected chi connectivity index (χ3v) is 4.99. The van der Waals surface area contributed by atoms with Crippen LogP contribution in [0.1, 0.15) is 116 Å². The van der Waals surface area contributed by atoms with Crippen molar-refractivity contribution in [3.05, 3.63) is 33.4 Å². The minimum Gasteiger partial charge on any atom is -0.0776 e. The third kappa shape index (κ3) is 6.80. The third-order valence-electron chi connectivity index (χ3n) is 4.99. The van der Waals surface area contributed by atoms with Crippen LogP contribution in [-0.2, 0) is 38.5 Å². The Balaban J connectivity index is 0. The minimum atomic E-state index is 0. The molecule has 0 N–H and O–H groups in total. The number of rotatable bonds is 9. The highest BCUT2D eigenvalue weighted by Crippen LogP contribution is 2.33. The van der Waals surface area contributed by atoms with E-state index < -0.39 is 0 Å². The zero-order chi connectivity index (χ0) is 18.7. The molecular weight excluding hydrogens is 300 g/mol. The number of unbranched alkanes of at least 4 members (excludes halogenated alkanes) is 1. The maximum atomic E-state index is 2.37. The quantitative estimate of drug-likeness (QED) is 0.422. The predicted octanol–water partition coefficient (Wildman–Crippen LogP) is 8.14. The van der Waals surface area contributed by atoms with Crippen LogP contribution in [0.2, 0.25) is 0 Å². The molecule has 0 aliphatic heterocycles. The molecule has 1 aromatic rings. The maximum Gasteiger partial charge on any atom is -0.0250 e. The molecule has 1 rings (SSSR count). The van der Waals surface area contributed by atoms with Gasteiger partial charge in [-0.1, -0.05) is 76.2 Å². The summed E-state index contributed by atoms with van der Waals surface area (Å²) in [5, 5.41) is 0. The van der Waals surface area contributed by atoms with Crippen LogP contribution in [0.3, 0.4) is 0 Å². The zero-order valence-electron chi connectivity index (χ0n) is 18.2. The predicted molar refractivity (Wildman–Crippen MR) is 119 cm³/mol. The Morgan fingerprint density at radius 1 is 0.600 bits per heavy atom. The van der Waals surface area contributed by atoms with E-state index in [1.165, 1.54) is 51.4 Å². The largest absolute Gasteiger partial charge is 0.0776 e. The van der Waals surface area contributed by atoms with Crippen LogP contribution < -0.4 is 0 Å². The number of benzene rings is 1. The van der Waals surface area contributed by atoms with E-state index in [1.54, 1.807) is 33.4 Å². The van der Waals surface area contributed by atoms with E-state index in [0.29, 0.717) is 0 Å². The first kappa shape index (κ1) is 26.4. The summed E-state index contributed by atoms with van der Waals surface area (Å²) in [6, 6.07) is 0. The summed E-state index contributed by atoms with van der Waals surface area (Å²) in [6.45, 7) is 20.5. The topological polar surface area (TPSA) is 0 Å². The van der Waals surface area contributed by atoms with Gasteiger partial charge in [-0.15, -0.1) is 0 Å². The second-order valence-electron chi connectivity index (χ2n) is 6.99. The highest BCUT2D eigenvalue weighted by Gasteiger charge is 2.20. The first-order valence-electron chi connectivity index (χ1n) is 10.7. The summed E-state index contributed by atoms with van der Waals surface area (Å²) in [7, 11) is 0. The van der Waals surface area contributed by atoms with Gasteiger partial charge in [0.25, 0.3) is 0 Å². The zero-order valence-corrected chi connectivity index (χ0v) is 18.2. The van der Waals surface area contributed by atoms with Gasteiger partial charge in [0.1, 0.15) is 0 Å². The highest BCUT2D eigenvalue weighted by molar-refractivity contribution is 5.52. The van der Waals surface area contributed by atoms with Crippen LogP contribution in [0.4, 0.5) is 0 Å². The first-order valence-corrected chi connectivity index (χ1v) is 10.7. The molecule has 0 bridgehead atoms. The molecule has 0 aliphatic carbocycles. The molecule has 0 aliphatic rings. The molecule has 1 aromatic carbocycles. The average Bonchev–Trinajstić information content (AvgIpc) is 2.60. The molecule has 25 heavy (non-hydrogen) atoms. The Labute approximate surface area is 160 Å². The Morgan fingerprint density at radius 2 is 0.960 bits per heavy atom. The number of hydrogen-bond acceptors (Lipinski definition) is 0. The molecule has 0 unspecified atom stereocenters. The second kappa shape index (κ2) is 14.4. The number of hydrogen-bond donors (Lipinski definition) is 0. The summed E-state index contributed by atoms with van der Waals surface area (Å²) in [4.78, 5) is 0. The van der Waals surface area contributed by atoms with Crippen LogP contribution in [0.15, 0.2) is 0 Å². The molecule has 0 atom stereocenters. The Hall–Kier alpha value is -0.780. The van der Waals surface area contributed by atoms with E-state index in [1.807, 2.05) is 13.8 Å². The van der Waals surface area contributed by atoms with Crippen LogP contribution in [-0.4, -0.2) is 0 Å². The molecular formula is C25H48. The van der Waals surface area contributed by atoms with Crippen LogP contribution in [0, 0.1) is 5.92 Å². The summed E-state index contributed by atoms with van der Waals surface area (Å²) < 4.78 is 0. The molecule has 0 amide bonds. The lowest BCUT2D eigenvalue weighted by Crippen LogP contribution is -2.14. The van der Waals surface area contributed by atoms with Crippen molar-refractivity contribution in [2.24, 2.45) is 5.92 Å². The van der Waals surface area contributed by atoms with Gasteiger partial charge in [-0.05, 0) is 84.2 Å². The summed E-state index contributed by atoms with van der Waals surface area (Å²) in [5.74, 6) is 0.742. The van der Waals surface area contributed by atoms with Crippen molar-refractivity contribution >= 4 is 0 Å². The van der Waals surface area contributed by atoms with Gasteiger partial charge >= 0.3 is 0 Å². The second-order valence-corrected chi connectivity index (χ2v) is 6.99. The van der Waals surface area contributed by atoms with Gasteiger partial charge < -0.3 is 0 Å². The summed E-state index contributed by atoms with van der Waals surface area (Å²) in [6.07, 6.45) is 9.95. The van der Waals surface area contributed by atoms with E-state index in [4.69, 9.17) is 0 Å². The monoisotopic (exact) mass is 348 g/mol. The van der Waals surface area contributed by atoms with Crippen LogP contribution in [0.5, 0.6) is 0 Å². The van der Waals surface area contributed by atoms with E-state index in [0.717, 1.165) is 5.92 Å². The van der Waals surface area contributed by atoms with Crippen molar-refractivity contribution in [3.8, 4) is 0 Å². The summed E-state index contributed by atoms with van der Waals surface area (Å²) in [5.41, 5.74) is 10.2. The van der Waals surface area contributed by atoms with E-state index >= 15 is 0 Å². The van der Waals surface area contributed by atoms with E-state index in [2.05, 4.69) is 48.5 Å². The molecule has 0 aromatic heterocycles. The molecule has 0 radical (unpaired) electrons. The normalized spacial score (nSPS) is 10.3. The SMILES string of the molecule is C.CC.CCCCc1c(CC)c(CC)c(CC)c(CC(C)C)c1CC. The van der Waals surface area contributed by atoms with Gasteiger partial charge in [0.05, 0.1) is 0 Å². The molecule has 0 fully saturated rings. The van der Waals surface area contributed by atoms with Crippen molar-refractivity contribution in [2.45, 2.75) is 121 Å². The minimum absolute atomic E-state index is 0. The van der Waals surface area contributed by atoms with Gasteiger partial charge in [-0.2, -0.15) is 0 Å². The molecule has 0 heterocycles. The molecule has 148 valence electrons. The Bertz CT molecular complexity index is 466. The van der Waals surface area contributed by atoms with Gasteiger partial charge in [0, 0.05) is 0 Å².